The van der Waals surface area contributed by atoms with Crippen LogP contribution in [0.3, 0.4) is 0 Å². The van der Waals surface area contributed by atoms with Crippen LogP contribution < -0.4 is 28.7 Å². The van der Waals surface area contributed by atoms with Crippen LogP contribution >= 0.6 is 0 Å². The highest BCUT2D eigenvalue weighted by Gasteiger charge is 2.19. The lowest BCUT2D eigenvalue weighted by Gasteiger charge is -2.24. The predicted molar refractivity (Wildman–Crippen MR) is 252 cm³/mol. The first-order valence-corrected chi connectivity index (χ1v) is 21.8. The molecule has 0 radical (unpaired) electrons. The summed E-state index contributed by atoms with van der Waals surface area (Å²) in [5.74, 6) is 17.0. The highest BCUT2D eigenvalue weighted by atomic mass is 16.5. The number of benzene rings is 5. The van der Waals surface area contributed by atoms with Gasteiger partial charge in [0.05, 0.1) is 28.4 Å². The lowest BCUT2D eigenvalue weighted by Crippen LogP contribution is -2.25. The minimum atomic E-state index is 0.708. The number of hydrogen-bond acceptors (Lipinski definition) is 6. The van der Waals surface area contributed by atoms with Gasteiger partial charge in [-0.25, -0.2) is 0 Å². The average molecular weight is 805 g/mol. The summed E-state index contributed by atoms with van der Waals surface area (Å²) in [5, 5.41) is 0. The Balaban J connectivity index is 1.69. The van der Waals surface area contributed by atoms with E-state index < -0.39 is 0 Å². The van der Waals surface area contributed by atoms with Gasteiger partial charge in [-0.05, 0) is 123 Å². The van der Waals surface area contributed by atoms with Crippen molar-refractivity contribution in [2.24, 2.45) is 0 Å². The van der Waals surface area contributed by atoms with Crippen LogP contribution in [0.15, 0.2) is 97.1 Å². The summed E-state index contributed by atoms with van der Waals surface area (Å²) >= 11 is 0. The Morgan fingerprint density at radius 3 is 1.03 bits per heavy atom. The summed E-state index contributed by atoms with van der Waals surface area (Å²) < 4.78 is 23.3. The monoisotopic (exact) mass is 804 g/mol. The molecule has 0 atom stereocenters. The van der Waals surface area contributed by atoms with Crippen LogP contribution in [0.4, 0.5) is 11.4 Å². The van der Waals surface area contributed by atoms with Gasteiger partial charge in [-0.3, -0.25) is 0 Å². The van der Waals surface area contributed by atoms with Gasteiger partial charge in [0.25, 0.3) is 0 Å². The van der Waals surface area contributed by atoms with E-state index in [9.17, 15) is 0 Å². The minimum absolute atomic E-state index is 0.708. The van der Waals surface area contributed by atoms with Gasteiger partial charge in [0.2, 0.25) is 0 Å². The fourth-order valence-electron chi connectivity index (χ4n) is 7.23. The third-order valence-corrected chi connectivity index (χ3v) is 10.8. The molecule has 60 heavy (non-hydrogen) atoms. The van der Waals surface area contributed by atoms with E-state index in [1.807, 2.05) is 36.4 Å². The van der Waals surface area contributed by atoms with Gasteiger partial charge in [-0.2, -0.15) is 0 Å². The normalized spacial score (nSPS) is 10.5. The Morgan fingerprint density at radius 1 is 0.383 bits per heavy atom. The van der Waals surface area contributed by atoms with Gasteiger partial charge in [-0.15, -0.1) is 0 Å². The molecule has 5 aromatic rings. The van der Waals surface area contributed by atoms with Gasteiger partial charge in [0, 0.05) is 82.1 Å². The summed E-state index contributed by atoms with van der Waals surface area (Å²) in [4.78, 5) is 4.99. The summed E-state index contributed by atoms with van der Waals surface area (Å²) in [6.45, 7) is 13.2. The van der Waals surface area contributed by atoms with Gasteiger partial charge in [0.15, 0.2) is 0 Å². The van der Waals surface area contributed by atoms with Crippen LogP contribution in [-0.2, 0) is 0 Å². The molecule has 314 valence electrons. The third kappa shape index (κ3) is 12.0. The van der Waals surface area contributed by atoms with E-state index in [-0.39, 0.29) is 0 Å². The van der Waals surface area contributed by atoms with Gasteiger partial charge in [0.1, 0.15) is 23.0 Å². The standard InChI is InChI=1S/C54H64N2O4/c1-9-13-33-55(34-14-10-2)45-25-19-41(20-26-45)17-23-43-37-50(52-40-48(58-6)30-32-54(52)60-8)44(38-49(43)51-39-47(57-5)29-31-53(51)59-7)24-18-42-21-27-46(28-22-42)56(35-15-11-3)36-16-12-4/h19-22,25-32,37-40H,9-16,33-36H2,1-8H3. The van der Waals surface area contributed by atoms with E-state index in [4.69, 9.17) is 18.9 Å². The average Bonchev–Trinajstić information content (AvgIpc) is 3.30. The van der Waals surface area contributed by atoms with Crippen LogP contribution in [0.5, 0.6) is 23.0 Å². The maximum atomic E-state index is 5.95. The largest absolute Gasteiger partial charge is 0.497 e. The first-order chi connectivity index (χ1) is 29.4. The van der Waals surface area contributed by atoms with Crippen molar-refractivity contribution in [1.29, 1.82) is 0 Å². The second kappa shape index (κ2) is 23.6. The molecule has 0 spiro atoms. The third-order valence-electron chi connectivity index (χ3n) is 10.8. The summed E-state index contributed by atoms with van der Waals surface area (Å²) in [6, 6.07) is 33.2. The van der Waals surface area contributed by atoms with Crippen LogP contribution in [-0.4, -0.2) is 54.6 Å². The van der Waals surface area contributed by atoms with Crippen LogP contribution in [0.2, 0.25) is 0 Å². The van der Waals surface area contributed by atoms with E-state index in [2.05, 4.69) is 122 Å². The number of hydrogen-bond donors (Lipinski definition) is 0. The second-order valence-corrected chi connectivity index (χ2v) is 15.1. The number of methoxy groups -OCH3 is 4. The fourth-order valence-corrected chi connectivity index (χ4v) is 7.23. The molecule has 0 amide bonds. The molecule has 0 N–H and O–H groups in total. The van der Waals surface area contributed by atoms with Crippen molar-refractivity contribution in [3.05, 3.63) is 119 Å². The summed E-state index contributed by atoms with van der Waals surface area (Å²) in [6.07, 6.45) is 9.38. The summed E-state index contributed by atoms with van der Waals surface area (Å²) in [7, 11) is 6.73. The molecule has 6 nitrogen and oxygen atoms in total. The van der Waals surface area contributed by atoms with E-state index >= 15 is 0 Å². The molecule has 5 rings (SSSR count). The maximum Gasteiger partial charge on any atom is 0.126 e. The zero-order valence-electron chi connectivity index (χ0n) is 37.3. The molecule has 0 heterocycles. The van der Waals surface area contributed by atoms with E-state index in [1.54, 1.807) is 28.4 Å². The number of ether oxygens (including phenoxy) is 4. The van der Waals surface area contributed by atoms with Gasteiger partial charge in [-0.1, -0.05) is 77.1 Å². The van der Waals surface area contributed by atoms with Crippen molar-refractivity contribution >= 4 is 11.4 Å². The quantitative estimate of drug-likeness (QED) is 0.0730. The highest BCUT2D eigenvalue weighted by molar-refractivity contribution is 5.86. The molecular weight excluding hydrogens is 741 g/mol. The zero-order chi connectivity index (χ0) is 42.7. The molecule has 0 aliphatic carbocycles. The van der Waals surface area contributed by atoms with E-state index in [1.165, 1.54) is 62.7 Å². The minimum Gasteiger partial charge on any atom is -0.497 e. The lowest BCUT2D eigenvalue weighted by atomic mass is 9.89. The van der Waals surface area contributed by atoms with Crippen LogP contribution in [0.1, 0.15) is 101 Å². The Labute approximate surface area is 360 Å². The van der Waals surface area contributed by atoms with Crippen molar-refractivity contribution in [2.45, 2.75) is 79.1 Å². The van der Waals surface area contributed by atoms with Crippen LogP contribution in [0.25, 0.3) is 22.3 Å². The van der Waals surface area contributed by atoms with Crippen LogP contribution in [0, 0.1) is 23.7 Å². The first kappa shape index (κ1) is 45.1. The molecule has 0 saturated carbocycles. The number of unbranched alkanes of at least 4 members (excludes halogenated alkanes) is 4. The van der Waals surface area contributed by atoms with E-state index in [0.29, 0.717) is 23.0 Å². The Morgan fingerprint density at radius 2 is 0.733 bits per heavy atom. The number of rotatable bonds is 20. The first-order valence-electron chi connectivity index (χ1n) is 21.8. The molecule has 0 unspecified atom stereocenters. The smallest absolute Gasteiger partial charge is 0.126 e. The molecule has 0 aliphatic heterocycles. The SMILES string of the molecule is CCCCN(CCCC)c1ccc(C#Cc2cc(-c3cc(OC)ccc3OC)c(C#Cc3ccc(N(CCCC)CCCC)cc3)cc2-c2cc(OC)ccc2OC)cc1. The molecule has 5 aromatic carbocycles. The van der Waals surface area contributed by atoms with Crippen molar-refractivity contribution in [3.8, 4) is 68.9 Å². The van der Waals surface area contributed by atoms with Crippen molar-refractivity contribution < 1.29 is 18.9 Å². The van der Waals surface area contributed by atoms with Crippen molar-refractivity contribution in [2.75, 3.05) is 64.4 Å². The Hall–Kier alpha value is -5.98. The van der Waals surface area contributed by atoms with Gasteiger partial charge < -0.3 is 28.7 Å². The lowest BCUT2D eigenvalue weighted by molar-refractivity contribution is 0.404. The molecule has 0 aliphatic rings. The molecule has 0 fully saturated rings. The maximum absolute atomic E-state index is 5.95. The molecule has 0 aromatic heterocycles. The fraction of sp³-hybridized carbons (Fsp3) is 0.370. The number of nitrogens with zero attached hydrogens (tertiary/aromatic N) is 2. The topological polar surface area (TPSA) is 43.4 Å². The molecule has 6 heteroatoms. The molecule has 0 bridgehead atoms. The van der Waals surface area contributed by atoms with Gasteiger partial charge >= 0.3 is 0 Å². The molecular formula is C54H64N2O4. The predicted octanol–water partition coefficient (Wildman–Crippen LogP) is 12.7. The Kier molecular flexibility index (Phi) is 17.7. The number of anilines is 2. The Bertz CT molecular complexity index is 2060. The zero-order valence-corrected chi connectivity index (χ0v) is 37.3. The second-order valence-electron chi connectivity index (χ2n) is 15.1. The highest BCUT2D eigenvalue weighted by Crippen LogP contribution is 2.41. The van der Waals surface area contributed by atoms with E-state index in [0.717, 1.165) is 70.7 Å². The van der Waals surface area contributed by atoms with Crippen molar-refractivity contribution in [3.63, 3.8) is 0 Å². The molecule has 0 saturated heterocycles. The van der Waals surface area contributed by atoms with Crippen molar-refractivity contribution in [1.82, 2.24) is 0 Å². The summed E-state index contributed by atoms with van der Waals surface area (Å²) in [5.41, 5.74) is 9.44.